The van der Waals surface area contributed by atoms with Crippen LogP contribution in [-0.2, 0) is 17.1 Å². The Hall–Kier alpha value is -2.55. The zero-order valence-electron chi connectivity index (χ0n) is 30.2. The van der Waals surface area contributed by atoms with Gasteiger partial charge in [-0.05, 0) is 0 Å². The van der Waals surface area contributed by atoms with Crippen LogP contribution < -0.4 is 0 Å². The van der Waals surface area contributed by atoms with Gasteiger partial charge in [-0.3, -0.25) is 0 Å². The summed E-state index contributed by atoms with van der Waals surface area (Å²) in [6, 6.07) is 34.5. The van der Waals surface area contributed by atoms with Gasteiger partial charge < -0.3 is 0 Å². The first-order valence-electron chi connectivity index (χ1n) is 18.4. The third kappa shape index (κ3) is 6.23. The Morgan fingerprint density at radius 3 is 1.53 bits per heavy atom. The number of unbranched alkanes of at least 4 members (excludes halogenated alkanes) is 3. The second-order valence-electron chi connectivity index (χ2n) is 16.1. The van der Waals surface area contributed by atoms with Gasteiger partial charge in [-0.15, -0.1) is 0 Å². The monoisotopic (exact) mass is 804 g/mol. The quantitative estimate of drug-likeness (QED) is 0.105. The summed E-state index contributed by atoms with van der Waals surface area (Å²) >= 11 is -3.86. The predicted octanol–water partition coefficient (Wildman–Crippen LogP) is 14.1. The molecule has 0 heterocycles. The fourth-order valence-electron chi connectivity index (χ4n) is 8.79. The molecule has 0 bridgehead atoms. The van der Waals surface area contributed by atoms with Gasteiger partial charge in [-0.1, -0.05) is 0 Å². The van der Waals surface area contributed by atoms with Gasteiger partial charge in [0.25, 0.3) is 0 Å². The van der Waals surface area contributed by atoms with E-state index in [9.17, 15) is 0 Å². The van der Waals surface area contributed by atoms with Crippen molar-refractivity contribution >= 4 is 17.6 Å². The van der Waals surface area contributed by atoms with E-state index in [-0.39, 0.29) is 0 Å². The molecule has 0 radical (unpaired) electrons. The second-order valence-corrected chi connectivity index (χ2v) is 63.4. The Morgan fingerprint density at radius 1 is 0.617 bits per heavy atom. The maximum atomic E-state index is 2.90. The fraction of sp³-hybridized carbons (Fsp3) is 0.378. The van der Waals surface area contributed by atoms with Gasteiger partial charge in [-0.25, -0.2) is 0 Å². The molecule has 0 spiro atoms. The van der Waals surface area contributed by atoms with Crippen molar-refractivity contribution in [1.29, 1.82) is 0 Å². The molecule has 4 aromatic rings. The topological polar surface area (TPSA) is 0 Å². The number of fused-ring (bicyclic) bond motifs is 2. The minimum atomic E-state index is -3.86. The van der Waals surface area contributed by atoms with Crippen LogP contribution in [0.2, 0.25) is 22.0 Å². The summed E-state index contributed by atoms with van der Waals surface area (Å²) in [5.41, 5.74) is 13.9. The average molecular weight is 804 g/mol. The zero-order chi connectivity index (χ0) is 33.4. The van der Waals surface area contributed by atoms with Crippen LogP contribution in [-0.4, -0.2) is 5.49 Å². The van der Waals surface area contributed by atoms with Gasteiger partial charge in [0.05, 0.1) is 0 Å². The van der Waals surface area contributed by atoms with Crippen molar-refractivity contribution in [2.24, 2.45) is 0 Å². The standard InChI is InChI=1S/2C18H17.C7H16Si.2CH3.Hf/c2*1-13(2)15-8-3-9-16(12-15)18-11-5-7-14-6-4-10-17(14)18;1-3-4-5-6-7-8-2;;;/h2*3-13H,1-2H3;3-7H2,1-2H3;2*1H3;. The summed E-state index contributed by atoms with van der Waals surface area (Å²) in [5, 5.41) is 0. The SMILES string of the molecule is CCCCCC[Si](C)=[Hf]([CH3])([CH3])([CH]1C=Cc2c(-c3cccc(C(C)C)c3)cccc21)[CH]1C=Cc2c(-c3cccc(C(C)C)c3)cccc21. The molecule has 0 nitrogen and oxygen atoms in total. The van der Waals surface area contributed by atoms with E-state index in [1.165, 1.54) is 76.2 Å². The van der Waals surface area contributed by atoms with Crippen molar-refractivity contribution in [3.05, 3.63) is 130 Å². The number of benzene rings is 4. The van der Waals surface area contributed by atoms with Crippen molar-refractivity contribution in [3.63, 3.8) is 0 Å². The Labute approximate surface area is 287 Å². The Balaban J connectivity index is 1.50. The summed E-state index contributed by atoms with van der Waals surface area (Å²) in [6.45, 7) is 14.3. The molecule has 244 valence electrons. The van der Waals surface area contributed by atoms with Crippen molar-refractivity contribution in [2.45, 2.75) is 101 Å². The second kappa shape index (κ2) is 13.8. The van der Waals surface area contributed by atoms with E-state index >= 15 is 0 Å². The predicted molar refractivity (Wildman–Crippen MR) is 208 cm³/mol. The molecule has 4 aromatic carbocycles. The van der Waals surface area contributed by atoms with Gasteiger partial charge in [0.15, 0.2) is 0 Å². The molecule has 0 fully saturated rings. The molecule has 0 N–H and O–H groups in total. The molecule has 2 atom stereocenters. The summed E-state index contributed by atoms with van der Waals surface area (Å²) in [7, 11) is 0. The maximum absolute atomic E-state index is 3.86. The van der Waals surface area contributed by atoms with Crippen LogP contribution in [0.15, 0.2) is 97.1 Å². The van der Waals surface area contributed by atoms with Crippen LogP contribution in [0.4, 0.5) is 0 Å². The van der Waals surface area contributed by atoms with Crippen molar-refractivity contribution in [1.82, 2.24) is 0 Å². The first-order chi connectivity index (χ1) is 22.5. The zero-order valence-corrected chi connectivity index (χ0v) is 34.8. The first-order valence-corrected chi connectivity index (χ1v) is 37.3. The van der Waals surface area contributed by atoms with E-state index in [4.69, 9.17) is 0 Å². The van der Waals surface area contributed by atoms with Crippen LogP contribution in [0.1, 0.15) is 113 Å². The Morgan fingerprint density at radius 2 is 1.09 bits per heavy atom. The Kier molecular flexibility index (Phi) is 10.0. The van der Waals surface area contributed by atoms with Crippen LogP contribution >= 0.6 is 0 Å². The van der Waals surface area contributed by atoms with E-state index < -0.39 is 22.6 Å². The van der Waals surface area contributed by atoms with Crippen molar-refractivity contribution < 1.29 is 17.1 Å². The molecule has 2 heteroatoms. The molecule has 0 aliphatic heterocycles. The average Bonchev–Trinajstić information content (AvgIpc) is 3.73. The molecule has 6 rings (SSSR count). The van der Waals surface area contributed by atoms with E-state index in [0.29, 0.717) is 19.2 Å². The molecular weight excluding hydrogens is 747 g/mol. The third-order valence-corrected chi connectivity index (χ3v) is 70.2. The molecule has 2 aliphatic carbocycles. The summed E-state index contributed by atoms with van der Waals surface area (Å²) < 4.78 is 6.93. The summed E-state index contributed by atoms with van der Waals surface area (Å²) in [4.78, 5) is 0. The summed E-state index contributed by atoms with van der Waals surface area (Å²) in [5.74, 6) is 1.05. The molecule has 0 amide bonds. The van der Waals surface area contributed by atoms with Gasteiger partial charge in [0.2, 0.25) is 0 Å². The van der Waals surface area contributed by atoms with Crippen LogP contribution in [0.25, 0.3) is 34.4 Å². The molecule has 47 heavy (non-hydrogen) atoms. The number of hydrogen-bond acceptors (Lipinski definition) is 0. The molecule has 0 aromatic heterocycles. The molecule has 2 aliphatic rings. The molecule has 0 saturated carbocycles. The van der Waals surface area contributed by atoms with Gasteiger partial charge in [-0.2, -0.15) is 0 Å². The van der Waals surface area contributed by atoms with Gasteiger partial charge in [0, 0.05) is 0 Å². The fourth-order valence-corrected chi connectivity index (χ4v) is 52.4. The van der Waals surface area contributed by atoms with E-state index in [1.807, 2.05) is 0 Å². The number of allylic oxidation sites excluding steroid dienone is 2. The van der Waals surface area contributed by atoms with Crippen LogP contribution in [0.3, 0.4) is 0 Å². The Bertz CT molecular complexity index is 1790. The van der Waals surface area contributed by atoms with Crippen molar-refractivity contribution in [3.8, 4) is 22.3 Å². The van der Waals surface area contributed by atoms with E-state index in [2.05, 4.69) is 160 Å². The summed E-state index contributed by atoms with van der Waals surface area (Å²) in [6.07, 6.45) is 15.9. The van der Waals surface area contributed by atoms with Crippen molar-refractivity contribution in [2.75, 3.05) is 0 Å². The molecule has 2 unspecified atom stereocenters. The third-order valence-electron chi connectivity index (χ3n) is 12.3. The molecule has 0 saturated heterocycles. The minimum absolute atomic E-state index is 0.527. The normalized spacial score (nSPS) is 17.1. The van der Waals surface area contributed by atoms with Gasteiger partial charge in [0.1, 0.15) is 0 Å². The van der Waals surface area contributed by atoms with Gasteiger partial charge >= 0.3 is 289 Å². The first kappa shape index (κ1) is 34.3. The van der Waals surface area contributed by atoms with E-state index in [0.717, 1.165) is 0 Å². The van der Waals surface area contributed by atoms with Crippen LogP contribution in [0.5, 0.6) is 0 Å². The number of rotatable bonds is 11. The van der Waals surface area contributed by atoms with E-state index in [1.54, 1.807) is 11.1 Å². The van der Waals surface area contributed by atoms with Crippen LogP contribution in [0, 0.1) is 0 Å². The molecular formula is C45H56HfSi. The number of hydrogen-bond donors (Lipinski definition) is 0.